The van der Waals surface area contributed by atoms with Crippen LogP contribution in [0.25, 0.3) is 5.65 Å². The monoisotopic (exact) mass is 191 g/mol. The van der Waals surface area contributed by atoms with E-state index in [0.717, 1.165) is 11.3 Å². The summed E-state index contributed by atoms with van der Waals surface area (Å²) in [5.41, 5.74) is 5.92. The fraction of sp³-hybridized carbons (Fsp3) is 0.300. The zero-order valence-electron chi connectivity index (χ0n) is 8.32. The van der Waals surface area contributed by atoms with E-state index in [-0.39, 0.29) is 0 Å². The summed E-state index contributed by atoms with van der Waals surface area (Å²) in [6.07, 6.45) is 4.05. The van der Waals surface area contributed by atoms with Crippen molar-refractivity contribution in [1.82, 2.24) is 14.9 Å². The van der Waals surface area contributed by atoms with Crippen molar-refractivity contribution in [2.45, 2.75) is 13.5 Å². The summed E-state index contributed by atoms with van der Waals surface area (Å²) >= 11 is 0. The number of hydrogen-bond acceptors (Lipinski definition) is 3. The molecule has 4 heteroatoms. The smallest absolute Gasteiger partial charge is 0.137 e. The highest BCUT2D eigenvalue weighted by Gasteiger charge is 2.00. The molecule has 2 heterocycles. The van der Waals surface area contributed by atoms with Crippen LogP contribution in [0.15, 0.2) is 24.5 Å². The largest absolute Gasteiger partial charge is 0.307 e. The topological polar surface area (TPSA) is 38.6 Å². The van der Waals surface area contributed by atoms with Gasteiger partial charge in [0, 0.05) is 12.4 Å². The first kappa shape index (κ1) is 9.18. The summed E-state index contributed by atoms with van der Waals surface area (Å²) in [7, 11) is 1.60. The highest BCUT2D eigenvalue weighted by Crippen LogP contribution is 2.06. The van der Waals surface area contributed by atoms with Gasteiger partial charge in [0.1, 0.15) is 5.65 Å². The lowest BCUT2D eigenvalue weighted by molar-refractivity contribution is 0.0859. The highest BCUT2D eigenvalue weighted by atomic mass is 16.6. The van der Waals surface area contributed by atoms with E-state index in [0.29, 0.717) is 6.54 Å². The molecule has 1 N–H and O–H groups in total. The second kappa shape index (κ2) is 3.77. The summed E-state index contributed by atoms with van der Waals surface area (Å²) in [6, 6.07) is 4.06. The molecule has 0 bridgehead atoms. The molecular formula is C10H13N3O. The number of nitrogens with zero attached hydrogens (tertiary/aromatic N) is 2. The van der Waals surface area contributed by atoms with Crippen LogP contribution in [-0.4, -0.2) is 16.5 Å². The summed E-state index contributed by atoms with van der Waals surface area (Å²) in [5, 5.41) is 0. The van der Waals surface area contributed by atoms with Crippen molar-refractivity contribution in [1.29, 1.82) is 0 Å². The van der Waals surface area contributed by atoms with E-state index < -0.39 is 0 Å². The van der Waals surface area contributed by atoms with Crippen molar-refractivity contribution in [3.8, 4) is 0 Å². The first-order valence-electron chi connectivity index (χ1n) is 4.49. The Morgan fingerprint density at radius 1 is 1.43 bits per heavy atom. The molecule has 14 heavy (non-hydrogen) atoms. The molecule has 2 aromatic rings. The molecule has 0 radical (unpaired) electrons. The number of nitrogens with one attached hydrogen (secondary N) is 1. The maximum Gasteiger partial charge on any atom is 0.137 e. The minimum absolute atomic E-state index is 0.622. The number of fused-ring (bicyclic) bond motifs is 1. The Labute approximate surface area is 82.5 Å². The predicted molar refractivity (Wildman–Crippen MR) is 53.8 cm³/mol. The van der Waals surface area contributed by atoms with E-state index in [1.54, 1.807) is 7.11 Å². The first-order valence-corrected chi connectivity index (χ1v) is 4.49. The van der Waals surface area contributed by atoms with Crippen LogP contribution in [0.5, 0.6) is 0 Å². The third-order valence-electron chi connectivity index (χ3n) is 2.05. The number of hydrogen-bond donors (Lipinski definition) is 1. The molecule has 0 amide bonds. The Morgan fingerprint density at radius 3 is 3.07 bits per heavy atom. The Balaban J connectivity index is 2.32. The summed E-state index contributed by atoms with van der Waals surface area (Å²) in [5.74, 6) is 0. The lowest BCUT2D eigenvalue weighted by Gasteiger charge is -1.95. The molecule has 0 fully saturated rings. The lowest BCUT2D eigenvalue weighted by atomic mass is 10.3. The van der Waals surface area contributed by atoms with Crippen LogP contribution in [0.3, 0.4) is 0 Å². The van der Waals surface area contributed by atoms with Gasteiger partial charge in [-0.05, 0) is 18.6 Å². The van der Waals surface area contributed by atoms with Gasteiger partial charge in [-0.15, -0.1) is 0 Å². The van der Waals surface area contributed by atoms with E-state index in [1.807, 2.05) is 16.7 Å². The predicted octanol–water partition coefficient (Wildman–Crippen LogP) is 1.29. The van der Waals surface area contributed by atoms with Gasteiger partial charge in [0.25, 0.3) is 0 Å². The Morgan fingerprint density at radius 2 is 2.29 bits per heavy atom. The number of imidazole rings is 1. The van der Waals surface area contributed by atoms with Gasteiger partial charge in [-0.2, -0.15) is 5.48 Å². The number of rotatable bonds is 3. The third kappa shape index (κ3) is 1.76. The maximum absolute atomic E-state index is 4.77. The van der Waals surface area contributed by atoms with Crippen LogP contribution in [0.4, 0.5) is 0 Å². The minimum atomic E-state index is 0.622. The SMILES string of the molecule is CONCc1cn2cc(C)ccc2n1. The van der Waals surface area contributed by atoms with Gasteiger partial charge in [0.2, 0.25) is 0 Å². The molecule has 2 aromatic heterocycles. The summed E-state index contributed by atoms with van der Waals surface area (Å²) in [4.78, 5) is 9.18. The van der Waals surface area contributed by atoms with Gasteiger partial charge in [0.15, 0.2) is 0 Å². The highest BCUT2D eigenvalue weighted by molar-refractivity contribution is 5.41. The van der Waals surface area contributed by atoms with E-state index in [1.165, 1.54) is 5.56 Å². The molecule has 0 aromatic carbocycles. The maximum atomic E-state index is 4.77. The average Bonchev–Trinajstić information content (AvgIpc) is 2.56. The van der Waals surface area contributed by atoms with E-state index in [9.17, 15) is 0 Å². The minimum Gasteiger partial charge on any atom is -0.307 e. The van der Waals surface area contributed by atoms with Gasteiger partial charge in [-0.1, -0.05) is 6.07 Å². The number of pyridine rings is 1. The lowest BCUT2D eigenvalue weighted by Crippen LogP contribution is -2.10. The quantitative estimate of drug-likeness (QED) is 0.743. The second-order valence-corrected chi connectivity index (χ2v) is 3.23. The molecule has 0 spiro atoms. The summed E-state index contributed by atoms with van der Waals surface area (Å²) in [6.45, 7) is 2.68. The van der Waals surface area contributed by atoms with E-state index >= 15 is 0 Å². The molecule has 0 aliphatic carbocycles. The molecule has 74 valence electrons. The molecule has 4 nitrogen and oxygen atoms in total. The number of aromatic nitrogens is 2. The van der Waals surface area contributed by atoms with Crippen LogP contribution in [0.1, 0.15) is 11.3 Å². The van der Waals surface area contributed by atoms with E-state index in [2.05, 4.69) is 29.7 Å². The molecule has 0 aliphatic rings. The molecule has 0 unspecified atom stereocenters. The van der Waals surface area contributed by atoms with Gasteiger partial charge in [-0.25, -0.2) is 4.98 Å². The average molecular weight is 191 g/mol. The van der Waals surface area contributed by atoms with Crippen molar-refractivity contribution in [2.24, 2.45) is 0 Å². The molecular weight excluding hydrogens is 178 g/mol. The van der Waals surface area contributed by atoms with Crippen molar-refractivity contribution in [2.75, 3.05) is 7.11 Å². The normalized spacial score (nSPS) is 11.0. The van der Waals surface area contributed by atoms with Crippen molar-refractivity contribution >= 4 is 5.65 Å². The van der Waals surface area contributed by atoms with Crippen LogP contribution >= 0.6 is 0 Å². The van der Waals surface area contributed by atoms with Gasteiger partial charge in [-0.3, -0.25) is 0 Å². The fourth-order valence-electron chi connectivity index (χ4n) is 1.39. The van der Waals surface area contributed by atoms with Crippen LogP contribution < -0.4 is 5.48 Å². The van der Waals surface area contributed by atoms with Gasteiger partial charge >= 0.3 is 0 Å². The second-order valence-electron chi connectivity index (χ2n) is 3.23. The Kier molecular flexibility index (Phi) is 2.47. The standard InChI is InChI=1S/C10H13N3O/c1-8-3-4-10-12-9(5-11-14-2)7-13(10)6-8/h3-4,6-7,11H,5H2,1-2H3. The van der Waals surface area contributed by atoms with Crippen molar-refractivity contribution in [3.63, 3.8) is 0 Å². The Hall–Kier alpha value is -1.39. The first-order chi connectivity index (χ1) is 6.79. The molecule has 0 saturated carbocycles. The molecule has 0 aliphatic heterocycles. The third-order valence-corrected chi connectivity index (χ3v) is 2.05. The van der Waals surface area contributed by atoms with E-state index in [4.69, 9.17) is 4.84 Å². The zero-order chi connectivity index (χ0) is 9.97. The van der Waals surface area contributed by atoms with Crippen molar-refractivity contribution < 1.29 is 4.84 Å². The van der Waals surface area contributed by atoms with Crippen LogP contribution in [-0.2, 0) is 11.4 Å². The summed E-state index contributed by atoms with van der Waals surface area (Å²) < 4.78 is 2.02. The zero-order valence-corrected chi connectivity index (χ0v) is 8.32. The van der Waals surface area contributed by atoms with Crippen LogP contribution in [0, 0.1) is 6.92 Å². The number of hydroxylamine groups is 1. The molecule has 0 atom stereocenters. The van der Waals surface area contributed by atoms with Gasteiger partial charge < -0.3 is 9.24 Å². The van der Waals surface area contributed by atoms with Crippen molar-refractivity contribution in [3.05, 3.63) is 35.8 Å². The molecule has 2 rings (SSSR count). The molecule has 0 saturated heterocycles. The van der Waals surface area contributed by atoms with Gasteiger partial charge in [0.05, 0.1) is 19.3 Å². The fourth-order valence-corrected chi connectivity index (χ4v) is 1.39. The number of aryl methyl sites for hydroxylation is 1. The van der Waals surface area contributed by atoms with Crippen LogP contribution in [0.2, 0.25) is 0 Å². The Bertz CT molecular complexity index is 436.